The Morgan fingerprint density at radius 1 is 0.577 bits per heavy atom. The molecule has 3 aromatic carbocycles. The van der Waals surface area contributed by atoms with Gasteiger partial charge in [0.2, 0.25) is 0 Å². The molecule has 1 saturated heterocycles. The summed E-state index contributed by atoms with van der Waals surface area (Å²) in [5, 5.41) is 11.8. The molecule has 132 valence electrons. The first-order valence-electron chi connectivity index (χ1n) is 9.47. The van der Waals surface area contributed by atoms with E-state index in [4.69, 9.17) is 0 Å². The summed E-state index contributed by atoms with van der Waals surface area (Å²) in [7, 11) is 0. The van der Waals surface area contributed by atoms with Crippen LogP contribution < -0.4 is 4.90 Å². The van der Waals surface area contributed by atoms with Gasteiger partial charge in [0.25, 0.3) is 0 Å². The summed E-state index contributed by atoms with van der Waals surface area (Å²) in [5.74, 6) is 0. The van der Waals surface area contributed by atoms with Crippen LogP contribution in [0.4, 0.5) is 5.69 Å². The van der Waals surface area contributed by atoms with Gasteiger partial charge in [-0.1, -0.05) is 72.8 Å². The molecule has 26 heavy (non-hydrogen) atoms. The molecule has 1 fully saturated rings. The fraction of sp³-hybridized carbons (Fsp3) is 0.250. The molecular weight excluding hydrogens is 318 g/mol. The molecule has 4 rings (SSSR count). The molecule has 0 radical (unpaired) electrons. The minimum absolute atomic E-state index is 0.886. The Bertz CT molecular complexity index is 782. The highest BCUT2D eigenvalue weighted by atomic mass is 16.3. The van der Waals surface area contributed by atoms with Gasteiger partial charge in [-0.05, 0) is 48.1 Å². The maximum atomic E-state index is 11.8. The molecule has 0 unspecified atom stereocenters. The molecule has 0 saturated carbocycles. The Hall–Kier alpha value is -2.58. The van der Waals surface area contributed by atoms with Gasteiger partial charge in [0, 0.05) is 18.8 Å². The summed E-state index contributed by atoms with van der Waals surface area (Å²) < 4.78 is 0. The summed E-state index contributed by atoms with van der Waals surface area (Å²) in [4.78, 5) is 2.44. The van der Waals surface area contributed by atoms with Crippen molar-refractivity contribution in [1.82, 2.24) is 0 Å². The van der Waals surface area contributed by atoms with Crippen LogP contribution in [0.25, 0.3) is 0 Å². The second-order valence-electron chi connectivity index (χ2n) is 7.04. The Kier molecular flexibility index (Phi) is 4.77. The smallest absolute Gasteiger partial charge is 0.140 e. The predicted molar refractivity (Wildman–Crippen MR) is 107 cm³/mol. The lowest BCUT2D eigenvalue weighted by atomic mass is 9.80. The van der Waals surface area contributed by atoms with E-state index in [9.17, 15) is 5.11 Å². The van der Waals surface area contributed by atoms with Crippen molar-refractivity contribution >= 4 is 5.69 Å². The van der Waals surface area contributed by atoms with E-state index < -0.39 is 5.60 Å². The topological polar surface area (TPSA) is 23.5 Å². The van der Waals surface area contributed by atoms with Gasteiger partial charge in [-0.25, -0.2) is 0 Å². The van der Waals surface area contributed by atoms with Crippen LogP contribution in [0.5, 0.6) is 0 Å². The molecule has 0 spiro atoms. The first-order chi connectivity index (χ1) is 12.8. The zero-order valence-corrected chi connectivity index (χ0v) is 15.0. The Balaban J connectivity index is 1.75. The first-order valence-corrected chi connectivity index (χ1v) is 9.47. The zero-order chi connectivity index (χ0) is 17.8. The van der Waals surface area contributed by atoms with Gasteiger partial charge in [-0.3, -0.25) is 0 Å². The lowest BCUT2D eigenvalue weighted by Gasteiger charge is -2.32. The van der Waals surface area contributed by atoms with Crippen LogP contribution >= 0.6 is 0 Å². The van der Waals surface area contributed by atoms with Crippen molar-refractivity contribution in [2.45, 2.75) is 24.9 Å². The Morgan fingerprint density at radius 2 is 1.04 bits per heavy atom. The van der Waals surface area contributed by atoms with Gasteiger partial charge < -0.3 is 10.0 Å². The number of benzene rings is 3. The third kappa shape index (κ3) is 3.13. The van der Waals surface area contributed by atoms with Gasteiger partial charge in [-0.2, -0.15) is 0 Å². The van der Waals surface area contributed by atoms with Crippen LogP contribution in [0.2, 0.25) is 0 Å². The van der Waals surface area contributed by atoms with Crippen LogP contribution in [0.15, 0.2) is 84.9 Å². The lowest BCUT2D eigenvalue weighted by Crippen LogP contribution is -2.30. The largest absolute Gasteiger partial charge is 0.376 e. The van der Waals surface area contributed by atoms with Crippen molar-refractivity contribution in [3.8, 4) is 0 Å². The van der Waals surface area contributed by atoms with Gasteiger partial charge in [0.05, 0.1) is 0 Å². The first kappa shape index (κ1) is 16.9. The van der Waals surface area contributed by atoms with Crippen molar-refractivity contribution in [1.29, 1.82) is 0 Å². The van der Waals surface area contributed by atoms with Gasteiger partial charge >= 0.3 is 0 Å². The minimum atomic E-state index is -1.15. The maximum absolute atomic E-state index is 11.8. The second kappa shape index (κ2) is 7.35. The van der Waals surface area contributed by atoms with Crippen molar-refractivity contribution in [2.24, 2.45) is 0 Å². The Labute approximate surface area is 155 Å². The van der Waals surface area contributed by atoms with E-state index in [0.29, 0.717) is 0 Å². The summed E-state index contributed by atoms with van der Waals surface area (Å²) in [6.07, 6.45) is 3.86. The summed E-state index contributed by atoms with van der Waals surface area (Å²) in [6, 6.07) is 28.3. The maximum Gasteiger partial charge on any atom is 0.140 e. The van der Waals surface area contributed by atoms with Crippen molar-refractivity contribution < 1.29 is 5.11 Å². The SMILES string of the molecule is OC(c1ccccc1)(c1ccccc1)c1ccc(N2CCCCC2)cc1. The van der Waals surface area contributed by atoms with Crippen LogP contribution in [0, 0.1) is 0 Å². The molecule has 0 bridgehead atoms. The van der Waals surface area contributed by atoms with Crippen LogP contribution in [0.3, 0.4) is 0 Å². The number of aliphatic hydroxyl groups is 1. The summed E-state index contributed by atoms with van der Waals surface area (Å²) in [5.41, 5.74) is 2.77. The molecule has 2 heteroatoms. The molecule has 0 aliphatic carbocycles. The van der Waals surface area contributed by atoms with E-state index in [1.807, 2.05) is 60.7 Å². The summed E-state index contributed by atoms with van der Waals surface area (Å²) >= 11 is 0. The Morgan fingerprint density at radius 3 is 1.54 bits per heavy atom. The number of anilines is 1. The van der Waals surface area contributed by atoms with E-state index in [1.54, 1.807) is 0 Å². The van der Waals surface area contributed by atoms with E-state index in [0.717, 1.165) is 29.8 Å². The van der Waals surface area contributed by atoms with Gasteiger partial charge in [0.15, 0.2) is 0 Å². The molecule has 2 nitrogen and oxygen atoms in total. The third-order valence-corrected chi connectivity index (χ3v) is 5.39. The number of piperidine rings is 1. The van der Waals surface area contributed by atoms with Gasteiger partial charge in [-0.15, -0.1) is 0 Å². The fourth-order valence-electron chi connectivity index (χ4n) is 3.92. The van der Waals surface area contributed by atoms with Gasteiger partial charge in [0.1, 0.15) is 5.60 Å². The number of nitrogens with zero attached hydrogens (tertiary/aromatic N) is 1. The molecule has 1 N–H and O–H groups in total. The fourth-order valence-corrected chi connectivity index (χ4v) is 3.92. The van der Waals surface area contributed by atoms with E-state index in [-0.39, 0.29) is 0 Å². The average molecular weight is 343 g/mol. The zero-order valence-electron chi connectivity index (χ0n) is 15.0. The third-order valence-electron chi connectivity index (χ3n) is 5.39. The van der Waals surface area contributed by atoms with Crippen LogP contribution in [-0.2, 0) is 5.60 Å². The number of rotatable bonds is 4. The molecule has 0 aromatic heterocycles. The molecule has 0 atom stereocenters. The highest BCUT2D eigenvalue weighted by Gasteiger charge is 2.33. The molecule has 1 heterocycles. The highest BCUT2D eigenvalue weighted by Crippen LogP contribution is 2.37. The molecule has 1 aliphatic rings. The average Bonchev–Trinajstić information content (AvgIpc) is 2.75. The van der Waals surface area contributed by atoms with Crippen molar-refractivity contribution in [2.75, 3.05) is 18.0 Å². The molecule has 1 aliphatic heterocycles. The summed E-state index contributed by atoms with van der Waals surface area (Å²) in [6.45, 7) is 2.25. The molecular formula is C24H25NO. The van der Waals surface area contributed by atoms with E-state index in [2.05, 4.69) is 29.2 Å². The second-order valence-corrected chi connectivity index (χ2v) is 7.04. The number of hydrogen-bond donors (Lipinski definition) is 1. The number of hydrogen-bond acceptors (Lipinski definition) is 2. The predicted octanol–water partition coefficient (Wildman–Crippen LogP) is 4.96. The molecule has 0 amide bonds. The van der Waals surface area contributed by atoms with E-state index in [1.165, 1.54) is 24.9 Å². The highest BCUT2D eigenvalue weighted by molar-refractivity contribution is 5.53. The normalized spacial score (nSPS) is 15.0. The van der Waals surface area contributed by atoms with Crippen molar-refractivity contribution in [3.05, 3.63) is 102 Å². The standard InChI is InChI=1S/C24H25NO/c26-24(20-10-4-1-5-11-20,21-12-6-2-7-13-21)22-14-16-23(17-15-22)25-18-8-3-9-19-25/h1-2,4-7,10-17,26H,3,8-9,18-19H2. The van der Waals surface area contributed by atoms with Crippen LogP contribution in [0.1, 0.15) is 36.0 Å². The monoisotopic (exact) mass is 343 g/mol. The minimum Gasteiger partial charge on any atom is -0.376 e. The molecule has 3 aromatic rings. The van der Waals surface area contributed by atoms with Crippen LogP contribution in [-0.4, -0.2) is 18.2 Å². The van der Waals surface area contributed by atoms with Crippen molar-refractivity contribution in [3.63, 3.8) is 0 Å². The lowest BCUT2D eigenvalue weighted by molar-refractivity contribution is 0.125. The van der Waals surface area contributed by atoms with E-state index >= 15 is 0 Å². The quantitative estimate of drug-likeness (QED) is 0.677.